The molecule has 2 N–H and O–H groups in total. The Labute approximate surface area is 163 Å². The van der Waals surface area contributed by atoms with Gasteiger partial charge in [0.05, 0.1) is 35.2 Å². The van der Waals surface area contributed by atoms with Crippen molar-refractivity contribution < 1.29 is 18.0 Å². The average Bonchev–Trinajstić information content (AvgIpc) is 2.92. The highest BCUT2D eigenvalue weighted by molar-refractivity contribution is 7.91. The lowest BCUT2D eigenvalue weighted by atomic mass is 10.2. The molecule has 0 radical (unpaired) electrons. The van der Waals surface area contributed by atoms with Gasteiger partial charge < -0.3 is 10.6 Å². The number of rotatable bonds is 7. The van der Waals surface area contributed by atoms with Crippen LogP contribution in [0.2, 0.25) is 5.02 Å². The number of nitrogens with one attached hydrogen (secondary N) is 2. The highest BCUT2D eigenvalue weighted by Gasteiger charge is 2.29. The fourth-order valence-electron chi connectivity index (χ4n) is 2.75. The predicted molar refractivity (Wildman–Crippen MR) is 102 cm³/mol. The molecule has 1 aliphatic heterocycles. The highest BCUT2D eigenvalue weighted by atomic mass is 35.5. The molecule has 27 heavy (non-hydrogen) atoms. The summed E-state index contributed by atoms with van der Waals surface area (Å²) in [7, 11) is -3.06. The molecule has 1 aromatic carbocycles. The number of hydrogen-bond donors (Lipinski definition) is 2. The fourth-order valence-corrected chi connectivity index (χ4v) is 4.65. The van der Waals surface area contributed by atoms with Crippen molar-refractivity contribution in [1.29, 1.82) is 5.26 Å². The van der Waals surface area contributed by atoms with E-state index in [1.165, 1.54) is 12.1 Å². The van der Waals surface area contributed by atoms with Crippen molar-refractivity contribution in [2.45, 2.75) is 19.4 Å². The zero-order valence-corrected chi connectivity index (χ0v) is 16.4. The summed E-state index contributed by atoms with van der Waals surface area (Å²) < 4.78 is 22.9. The van der Waals surface area contributed by atoms with E-state index in [-0.39, 0.29) is 47.5 Å². The van der Waals surface area contributed by atoms with E-state index in [2.05, 4.69) is 10.6 Å². The molecule has 1 aromatic rings. The average molecular weight is 413 g/mol. The first-order valence-electron chi connectivity index (χ1n) is 8.44. The predicted octanol–water partition coefficient (Wildman–Crippen LogP) is 0.775. The zero-order chi connectivity index (χ0) is 20.0. The minimum Gasteiger partial charge on any atom is -0.351 e. The Morgan fingerprint density at radius 1 is 1.33 bits per heavy atom. The van der Waals surface area contributed by atoms with Crippen molar-refractivity contribution in [3.63, 3.8) is 0 Å². The molecule has 1 aliphatic rings. The van der Waals surface area contributed by atoms with E-state index >= 15 is 0 Å². The normalized spacial score (nSPS) is 18.1. The van der Waals surface area contributed by atoms with Crippen molar-refractivity contribution in [3.8, 4) is 6.07 Å². The monoisotopic (exact) mass is 412 g/mol. The van der Waals surface area contributed by atoms with Crippen molar-refractivity contribution in [2.75, 3.05) is 36.5 Å². The minimum atomic E-state index is -3.06. The van der Waals surface area contributed by atoms with Crippen molar-refractivity contribution in [1.82, 2.24) is 10.2 Å². The SMILES string of the molecule is CCN(CC(=O)Nc1ccc(C#N)c(Cl)c1)CC(=O)N[C@H]1CCS(=O)(=O)C1. The maximum Gasteiger partial charge on any atom is 0.238 e. The van der Waals surface area contributed by atoms with Gasteiger partial charge in [-0.25, -0.2) is 8.42 Å². The maximum absolute atomic E-state index is 12.2. The quantitative estimate of drug-likeness (QED) is 0.682. The largest absolute Gasteiger partial charge is 0.351 e. The summed E-state index contributed by atoms with van der Waals surface area (Å²) in [5.41, 5.74) is 0.774. The number of nitriles is 1. The molecule has 8 nitrogen and oxygen atoms in total. The van der Waals surface area contributed by atoms with Gasteiger partial charge >= 0.3 is 0 Å². The number of anilines is 1. The van der Waals surface area contributed by atoms with Gasteiger partial charge in [-0.1, -0.05) is 18.5 Å². The second kappa shape index (κ2) is 9.17. The Kier molecular flexibility index (Phi) is 7.18. The van der Waals surface area contributed by atoms with E-state index in [4.69, 9.17) is 16.9 Å². The summed E-state index contributed by atoms with van der Waals surface area (Å²) >= 11 is 5.94. The fraction of sp³-hybridized carbons (Fsp3) is 0.471. The second-order valence-corrected chi connectivity index (χ2v) is 8.96. The topological polar surface area (TPSA) is 119 Å². The third-order valence-electron chi connectivity index (χ3n) is 4.15. The van der Waals surface area contributed by atoms with Gasteiger partial charge in [0, 0.05) is 11.7 Å². The van der Waals surface area contributed by atoms with Crippen LogP contribution < -0.4 is 10.6 Å². The Morgan fingerprint density at radius 3 is 2.59 bits per heavy atom. The van der Waals surface area contributed by atoms with Crippen molar-refractivity contribution in [2.24, 2.45) is 0 Å². The number of carbonyl (C=O) groups excluding carboxylic acids is 2. The van der Waals surface area contributed by atoms with Crippen LogP contribution in [-0.2, 0) is 19.4 Å². The number of benzene rings is 1. The summed E-state index contributed by atoms with van der Waals surface area (Å²) in [6.07, 6.45) is 0.417. The highest BCUT2D eigenvalue weighted by Crippen LogP contribution is 2.20. The van der Waals surface area contributed by atoms with Crippen molar-refractivity contribution >= 4 is 38.9 Å². The molecule has 0 bridgehead atoms. The Balaban J connectivity index is 1.85. The molecule has 2 rings (SSSR count). The lowest BCUT2D eigenvalue weighted by Crippen LogP contribution is -2.44. The lowest BCUT2D eigenvalue weighted by molar-refractivity contribution is -0.123. The number of amides is 2. The molecule has 0 aliphatic carbocycles. The molecular formula is C17H21ClN4O4S. The van der Waals surface area contributed by atoms with Crippen LogP contribution in [0.5, 0.6) is 0 Å². The van der Waals surface area contributed by atoms with E-state index in [1.54, 1.807) is 11.0 Å². The van der Waals surface area contributed by atoms with Gasteiger partial charge in [0.15, 0.2) is 9.84 Å². The minimum absolute atomic E-state index is 0.00536. The smallest absolute Gasteiger partial charge is 0.238 e. The van der Waals surface area contributed by atoms with E-state index in [1.807, 2.05) is 13.0 Å². The van der Waals surface area contributed by atoms with Crippen LogP contribution in [0.25, 0.3) is 0 Å². The summed E-state index contributed by atoms with van der Waals surface area (Å²) in [5, 5.41) is 14.5. The molecule has 2 amide bonds. The van der Waals surface area contributed by atoms with E-state index in [0.29, 0.717) is 24.2 Å². The number of sulfone groups is 1. The Morgan fingerprint density at radius 2 is 2.04 bits per heavy atom. The van der Waals surface area contributed by atoms with Gasteiger partial charge in [-0.2, -0.15) is 5.26 Å². The first kappa shape index (κ1) is 21.2. The molecule has 0 saturated carbocycles. The third kappa shape index (κ3) is 6.50. The molecule has 1 saturated heterocycles. The molecule has 0 aromatic heterocycles. The second-order valence-electron chi connectivity index (χ2n) is 6.33. The van der Waals surface area contributed by atoms with Gasteiger partial charge in [-0.05, 0) is 31.2 Å². The number of halogens is 1. The van der Waals surface area contributed by atoms with Crippen LogP contribution in [0.4, 0.5) is 5.69 Å². The van der Waals surface area contributed by atoms with Gasteiger partial charge in [-0.15, -0.1) is 0 Å². The van der Waals surface area contributed by atoms with Crippen LogP contribution in [0, 0.1) is 11.3 Å². The number of nitrogens with zero attached hydrogens (tertiary/aromatic N) is 2. The first-order valence-corrected chi connectivity index (χ1v) is 10.6. The van der Waals surface area contributed by atoms with Crippen LogP contribution in [-0.4, -0.2) is 62.3 Å². The summed E-state index contributed by atoms with van der Waals surface area (Å²) in [5.74, 6) is -0.586. The lowest BCUT2D eigenvalue weighted by Gasteiger charge is -2.20. The van der Waals surface area contributed by atoms with Gasteiger partial charge in [-0.3, -0.25) is 14.5 Å². The number of hydrogen-bond acceptors (Lipinski definition) is 6. The van der Waals surface area contributed by atoms with Gasteiger partial charge in [0.25, 0.3) is 0 Å². The molecule has 0 unspecified atom stereocenters. The number of likely N-dealkylation sites (N-methyl/N-ethyl adjacent to an activating group) is 1. The van der Waals surface area contributed by atoms with E-state index < -0.39 is 9.84 Å². The molecule has 1 atom stereocenters. The summed E-state index contributed by atoms with van der Waals surface area (Å²) in [4.78, 5) is 25.9. The third-order valence-corrected chi connectivity index (χ3v) is 6.23. The van der Waals surface area contributed by atoms with Crippen molar-refractivity contribution in [3.05, 3.63) is 28.8 Å². The zero-order valence-electron chi connectivity index (χ0n) is 14.9. The summed E-state index contributed by atoms with van der Waals surface area (Å²) in [6, 6.07) is 6.15. The molecule has 10 heteroatoms. The van der Waals surface area contributed by atoms with E-state index in [0.717, 1.165) is 0 Å². The Bertz CT molecular complexity index is 866. The molecule has 1 fully saturated rings. The molecular weight excluding hydrogens is 392 g/mol. The molecule has 1 heterocycles. The Hall–Kier alpha value is -2.15. The van der Waals surface area contributed by atoms with E-state index in [9.17, 15) is 18.0 Å². The van der Waals surface area contributed by atoms with Gasteiger partial charge in [0.2, 0.25) is 11.8 Å². The van der Waals surface area contributed by atoms with Crippen LogP contribution in [0.15, 0.2) is 18.2 Å². The van der Waals surface area contributed by atoms with Crippen LogP contribution >= 0.6 is 11.6 Å². The standard InChI is InChI=1S/C17H21ClN4O4S/c1-2-22(10-17(24)21-14-5-6-27(25,26)11-14)9-16(23)20-13-4-3-12(8-19)15(18)7-13/h3-4,7,14H,2,5-6,9-11H2,1H3,(H,20,23)(H,21,24)/t14-/m0/s1. The molecule has 0 spiro atoms. The van der Waals surface area contributed by atoms with Gasteiger partial charge in [0.1, 0.15) is 6.07 Å². The number of carbonyl (C=O) groups is 2. The van der Waals surface area contributed by atoms with Crippen LogP contribution in [0.1, 0.15) is 18.9 Å². The first-order chi connectivity index (χ1) is 12.7. The van der Waals surface area contributed by atoms with Crippen LogP contribution in [0.3, 0.4) is 0 Å². The molecule has 146 valence electrons. The summed E-state index contributed by atoms with van der Waals surface area (Å²) in [6.45, 7) is 2.27. The maximum atomic E-state index is 12.2.